The lowest BCUT2D eigenvalue weighted by molar-refractivity contribution is -0.384. The van der Waals surface area contributed by atoms with Gasteiger partial charge >= 0.3 is 0 Å². The number of nitro groups is 1. The fourth-order valence-corrected chi connectivity index (χ4v) is 2.45. The van der Waals surface area contributed by atoms with Gasteiger partial charge in [0.15, 0.2) is 0 Å². The SMILES string of the molecule is O=[N+]([O-])c1ccc(Nc2cc(-c3ccccn3)nc(NC3CC3)n2)cc1. The Labute approximate surface area is 149 Å². The molecule has 2 heterocycles. The summed E-state index contributed by atoms with van der Waals surface area (Å²) in [6.45, 7) is 0. The predicted octanol–water partition coefficient (Wildman–Crippen LogP) is 3.76. The average Bonchev–Trinajstić information content (AvgIpc) is 3.47. The molecule has 2 N–H and O–H groups in total. The Morgan fingerprint density at radius 3 is 2.50 bits per heavy atom. The molecule has 8 nitrogen and oxygen atoms in total. The molecule has 0 saturated heterocycles. The van der Waals surface area contributed by atoms with Crippen molar-refractivity contribution in [3.8, 4) is 11.4 Å². The molecule has 130 valence electrons. The molecule has 1 saturated carbocycles. The van der Waals surface area contributed by atoms with E-state index in [1.54, 1.807) is 18.3 Å². The van der Waals surface area contributed by atoms with Crippen LogP contribution in [-0.4, -0.2) is 25.9 Å². The fourth-order valence-electron chi connectivity index (χ4n) is 2.45. The van der Waals surface area contributed by atoms with Crippen LogP contribution in [0.25, 0.3) is 11.4 Å². The Hall–Kier alpha value is -3.55. The van der Waals surface area contributed by atoms with Crippen molar-refractivity contribution in [2.45, 2.75) is 18.9 Å². The van der Waals surface area contributed by atoms with Gasteiger partial charge in [0.1, 0.15) is 5.82 Å². The Balaban J connectivity index is 1.64. The van der Waals surface area contributed by atoms with Crippen LogP contribution in [0.1, 0.15) is 12.8 Å². The van der Waals surface area contributed by atoms with Gasteiger partial charge in [-0.2, -0.15) is 4.98 Å². The zero-order chi connectivity index (χ0) is 17.9. The number of nitrogens with one attached hydrogen (secondary N) is 2. The number of hydrogen-bond donors (Lipinski definition) is 2. The third kappa shape index (κ3) is 3.75. The Morgan fingerprint density at radius 1 is 1.04 bits per heavy atom. The van der Waals surface area contributed by atoms with E-state index in [-0.39, 0.29) is 5.69 Å². The van der Waals surface area contributed by atoms with Gasteiger partial charge < -0.3 is 10.6 Å². The fraction of sp³-hybridized carbons (Fsp3) is 0.167. The molecule has 0 atom stereocenters. The van der Waals surface area contributed by atoms with E-state index in [1.165, 1.54) is 12.1 Å². The smallest absolute Gasteiger partial charge is 0.269 e. The van der Waals surface area contributed by atoms with Crippen LogP contribution in [0, 0.1) is 10.1 Å². The van der Waals surface area contributed by atoms with Crippen molar-refractivity contribution < 1.29 is 4.92 Å². The van der Waals surface area contributed by atoms with E-state index in [0.29, 0.717) is 29.2 Å². The number of nitro benzene ring substituents is 1. The van der Waals surface area contributed by atoms with E-state index in [2.05, 4.69) is 25.6 Å². The number of non-ortho nitro benzene ring substituents is 1. The number of pyridine rings is 1. The minimum absolute atomic E-state index is 0.0449. The Kier molecular flexibility index (Phi) is 4.14. The molecule has 0 bridgehead atoms. The van der Waals surface area contributed by atoms with Gasteiger partial charge in [0.05, 0.1) is 16.3 Å². The van der Waals surface area contributed by atoms with Crippen LogP contribution >= 0.6 is 0 Å². The molecule has 26 heavy (non-hydrogen) atoms. The van der Waals surface area contributed by atoms with E-state index in [0.717, 1.165) is 18.5 Å². The molecule has 0 unspecified atom stereocenters. The molecule has 3 aromatic rings. The molecule has 0 amide bonds. The molecule has 1 aliphatic carbocycles. The Morgan fingerprint density at radius 2 is 1.85 bits per heavy atom. The largest absolute Gasteiger partial charge is 0.351 e. The summed E-state index contributed by atoms with van der Waals surface area (Å²) in [5.41, 5.74) is 2.20. The number of hydrogen-bond acceptors (Lipinski definition) is 7. The lowest BCUT2D eigenvalue weighted by Crippen LogP contribution is -2.08. The maximum atomic E-state index is 10.8. The summed E-state index contributed by atoms with van der Waals surface area (Å²) >= 11 is 0. The van der Waals surface area contributed by atoms with Crippen LogP contribution in [-0.2, 0) is 0 Å². The van der Waals surface area contributed by atoms with E-state index >= 15 is 0 Å². The third-order valence-electron chi connectivity index (χ3n) is 3.91. The van der Waals surface area contributed by atoms with Gasteiger partial charge in [-0.3, -0.25) is 15.1 Å². The predicted molar refractivity (Wildman–Crippen MR) is 98.3 cm³/mol. The number of nitrogens with zero attached hydrogens (tertiary/aromatic N) is 4. The number of benzene rings is 1. The van der Waals surface area contributed by atoms with Gasteiger partial charge in [0.25, 0.3) is 5.69 Å². The molecule has 0 radical (unpaired) electrons. The topological polar surface area (TPSA) is 106 Å². The van der Waals surface area contributed by atoms with Crippen LogP contribution in [0.3, 0.4) is 0 Å². The molecular weight excluding hydrogens is 332 g/mol. The molecule has 0 spiro atoms. The molecule has 8 heteroatoms. The molecule has 4 rings (SSSR count). The summed E-state index contributed by atoms with van der Waals surface area (Å²) in [5.74, 6) is 1.14. The van der Waals surface area contributed by atoms with E-state index < -0.39 is 4.92 Å². The minimum atomic E-state index is -0.425. The summed E-state index contributed by atoms with van der Waals surface area (Å²) in [5, 5.41) is 17.2. The van der Waals surface area contributed by atoms with Gasteiger partial charge in [-0.25, -0.2) is 4.98 Å². The second kappa shape index (κ2) is 6.75. The molecule has 2 aromatic heterocycles. The maximum Gasteiger partial charge on any atom is 0.269 e. The van der Waals surface area contributed by atoms with Gasteiger partial charge in [-0.15, -0.1) is 0 Å². The van der Waals surface area contributed by atoms with Crippen LogP contribution in [0.5, 0.6) is 0 Å². The summed E-state index contributed by atoms with van der Waals surface area (Å²) in [7, 11) is 0. The van der Waals surface area contributed by atoms with Crippen molar-refractivity contribution in [3.05, 3.63) is 64.8 Å². The van der Waals surface area contributed by atoms with Gasteiger partial charge in [-0.1, -0.05) is 6.07 Å². The average molecular weight is 348 g/mol. The second-order valence-electron chi connectivity index (χ2n) is 6.02. The zero-order valence-electron chi connectivity index (χ0n) is 13.8. The van der Waals surface area contributed by atoms with Crippen LogP contribution < -0.4 is 10.6 Å². The molecule has 1 aliphatic rings. The monoisotopic (exact) mass is 348 g/mol. The van der Waals surface area contributed by atoms with Crippen LogP contribution in [0.2, 0.25) is 0 Å². The molecule has 1 aromatic carbocycles. The first-order valence-electron chi connectivity index (χ1n) is 8.26. The highest BCUT2D eigenvalue weighted by Gasteiger charge is 2.22. The number of rotatable bonds is 6. The molecular formula is C18H16N6O2. The highest BCUT2D eigenvalue weighted by Crippen LogP contribution is 2.27. The lowest BCUT2D eigenvalue weighted by Gasteiger charge is -2.11. The Bertz CT molecular complexity index is 926. The first kappa shape index (κ1) is 15.9. The van der Waals surface area contributed by atoms with Crippen molar-refractivity contribution >= 4 is 23.1 Å². The molecule has 1 fully saturated rings. The van der Waals surface area contributed by atoms with E-state index in [1.807, 2.05) is 24.3 Å². The summed E-state index contributed by atoms with van der Waals surface area (Å²) in [6.07, 6.45) is 3.94. The zero-order valence-corrected chi connectivity index (χ0v) is 13.8. The number of anilines is 3. The van der Waals surface area contributed by atoms with E-state index in [4.69, 9.17) is 0 Å². The lowest BCUT2D eigenvalue weighted by atomic mass is 10.2. The minimum Gasteiger partial charge on any atom is -0.351 e. The first-order valence-corrected chi connectivity index (χ1v) is 8.26. The van der Waals surface area contributed by atoms with Crippen molar-refractivity contribution in [1.82, 2.24) is 15.0 Å². The van der Waals surface area contributed by atoms with Gasteiger partial charge in [0.2, 0.25) is 5.95 Å². The maximum absolute atomic E-state index is 10.8. The van der Waals surface area contributed by atoms with Gasteiger partial charge in [0, 0.05) is 36.1 Å². The quantitative estimate of drug-likeness (QED) is 0.516. The van der Waals surface area contributed by atoms with Crippen molar-refractivity contribution in [2.75, 3.05) is 10.6 Å². The third-order valence-corrected chi connectivity index (χ3v) is 3.91. The summed E-state index contributed by atoms with van der Waals surface area (Å²) in [6, 6.07) is 14.1. The summed E-state index contributed by atoms with van der Waals surface area (Å²) in [4.78, 5) is 23.7. The standard InChI is InChI=1S/C18H16N6O2/c25-24(26)14-8-6-12(7-9-14)20-17-11-16(15-3-1-2-10-19-15)22-18(23-17)21-13-4-5-13/h1-3,6-11,13H,4-5H2,(H2,20,21,22,23). The normalized spacial score (nSPS) is 13.2. The van der Waals surface area contributed by atoms with Crippen LogP contribution in [0.4, 0.5) is 23.1 Å². The van der Waals surface area contributed by atoms with Crippen molar-refractivity contribution in [1.29, 1.82) is 0 Å². The molecule has 0 aliphatic heterocycles. The van der Waals surface area contributed by atoms with Crippen molar-refractivity contribution in [3.63, 3.8) is 0 Å². The highest BCUT2D eigenvalue weighted by molar-refractivity contribution is 5.65. The highest BCUT2D eigenvalue weighted by atomic mass is 16.6. The van der Waals surface area contributed by atoms with Gasteiger partial charge in [-0.05, 0) is 37.1 Å². The first-order chi connectivity index (χ1) is 12.7. The second-order valence-corrected chi connectivity index (χ2v) is 6.02. The van der Waals surface area contributed by atoms with E-state index in [9.17, 15) is 10.1 Å². The van der Waals surface area contributed by atoms with Crippen LogP contribution in [0.15, 0.2) is 54.7 Å². The number of aromatic nitrogens is 3. The summed E-state index contributed by atoms with van der Waals surface area (Å²) < 4.78 is 0. The van der Waals surface area contributed by atoms with Crippen molar-refractivity contribution in [2.24, 2.45) is 0 Å².